The van der Waals surface area contributed by atoms with Gasteiger partial charge in [0.05, 0.1) is 6.54 Å². The van der Waals surface area contributed by atoms with Crippen molar-refractivity contribution in [3.05, 3.63) is 108 Å². The Balaban J connectivity index is 1.21. The maximum atomic E-state index is 14.6. The van der Waals surface area contributed by atoms with Crippen molar-refractivity contribution in [3.8, 4) is 0 Å². The number of benzene rings is 3. The van der Waals surface area contributed by atoms with Crippen molar-refractivity contribution in [1.29, 1.82) is 0 Å². The van der Waals surface area contributed by atoms with Crippen molar-refractivity contribution in [2.75, 3.05) is 33.2 Å². The molecular formula is C42H55N5O5. The van der Waals surface area contributed by atoms with Crippen LogP contribution in [0.15, 0.2) is 91.0 Å². The normalized spacial score (nSPS) is 21.6. The predicted molar refractivity (Wildman–Crippen MR) is 200 cm³/mol. The maximum absolute atomic E-state index is 14.6. The summed E-state index contributed by atoms with van der Waals surface area (Å²) in [6.07, 6.45) is 1.95. The van der Waals surface area contributed by atoms with Crippen LogP contribution in [0, 0.1) is 5.92 Å². The zero-order chi connectivity index (χ0) is 36.5. The topological polar surface area (TPSA) is 85.9 Å². The lowest BCUT2D eigenvalue weighted by molar-refractivity contribution is -0.270. The van der Waals surface area contributed by atoms with E-state index in [2.05, 4.69) is 65.4 Å². The molecule has 3 saturated heterocycles. The minimum absolute atomic E-state index is 0.0209. The van der Waals surface area contributed by atoms with Gasteiger partial charge in [-0.1, -0.05) is 105 Å². The number of ether oxygens (including phenoxy) is 1. The van der Waals surface area contributed by atoms with Gasteiger partial charge in [-0.15, -0.1) is 0 Å². The summed E-state index contributed by atoms with van der Waals surface area (Å²) in [5.74, 6) is -0.100. The lowest BCUT2D eigenvalue weighted by atomic mass is 9.95. The van der Waals surface area contributed by atoms with Crippen LogP contribution >= 0.6 is 0 Å². The Morgan fingerprint density at radius 2 is 1.40 bits per heavy atom. The van der Waals surface area contributed by atoms with Crippen LogP contribution in [-0.2, 0) is 38.9 Å². The molecule has 10 heteroatoms. The van der Waals surface area contributed by atoms with E-state index in [1.54, 1.807) is 4.90 Å². The zero-order valence-corrected chi connectivity index (χ0v) is 31.0. The fraction of sp³-hybridized carbons (Fsp3) is 0.500. The summed E-state index contributed by atoms with van der Waals surface area (Å²) in [5, 5.41) is 1.26. The first-order valence-electron chi connectivity index (χ1n) is 19.0. The molecule has 0 saturated carbocycles. The molecule has 0 N–H and O–H groups in total. The molecular weight excluding hydrogens is 654 g/mol. The fourth-order valence-electron chi connectivity index (χ4n) is 7.77. The number of rotatable bonds is 14. The van der Waals surface area contributed by atoms with E-state index in [0.29, 0.717) is 12.8 Å². The Morgan fingerprint density at radius 3 is 1.98 bits per heavy atom. The number of unbranched alkanes of at least 4 members (excludes halogenated alkanes) is 1. The number of fused-ring (bicyclic) bond motifs is 1. The summed E-state index contributed by atoms with van der Waals surface area (Å²) in [5.41, 5.74) is 3.37. The Hall–Kier alpha value is -4.25. The smallest absolute Gasteiger partial charge is 0.436 e. The van der Waals surface area contributed by atoms with E-state index in [4.69, 9.17) is 9.57 Å². The van der Waals surface area contributed by atoms with E-state index in [-0.39, 0.29) is 36.9 Å². The second kappa shape index (κ2) is 18.0. The predicted octanol–water partition coefficient (Wildman–Crippen LogP) is 6.32. The average molecular weight is 710 g/mol. The lowest BCUT2D eigenvalue weighted by Gasteiger charge is -2.54. The van der Waals surface area contributed by atoms with Crippen molar-refractivity contribution >= 4 is 17.9 Å². The van der Waals surface area contributed by atoms with E-state index in [1.165, 1.54) is 16.2 Å². The molecule has 3 aromatic carbocycles. The van der Waals surface area contributed by atoms with Crippen LogP contribution in [0.1, 0.15) is 69.1 Å². The number of carbonyl (C=O) groups is 3. The van der Waals surface area contributed by atoms with Gasteiger partial charge in [-0.3, -0.25) is 19.3 Å². The van der Waals surface area contributed by atoms with Gasteiger partial charge in [0.1, 0.15) is 12.6 Å². The third-order valence-electron chi connectivity index (χ3n) is 10.5. The molecule has 0 spiro atoms. The van der Waals surface area contributed by atoms with Gasteiger partial charge < -0.3 is 19.4 Å². The van der Waals surface area contributed by atoms with Crippen molar-refractivity contribution < 1.29 is 24.0 Å². The second-order valence-corrected chi connectivity index (χ2v) is 15.0. The number of amides is 3. The molecule has 6 rings (SSSR count). The summed E-state index contributed by atoms with van der Waals surface area (Å²) in [6, 6.07) is 29.9. The molecule has 3 fully saturated rings. The SMILES string of the molecule is CC(C)C[C@H]1ON(C(=O)OCc2ccccc2)C2CN(C3CCN(C)CC3)C(=O)[C@H](CCCCN(Cc3ccccc3)Cc3ccccc3)N2C1=O. The minimum Gasteiger partial charge on any atom is -0.443 e. The van der Waals surface area contributed by atoms with Gasteiger partial charge in [-0.2, -0.15) is 5.06 Å². The Kier molecular flexibility index (Phi) is 13.0. The summed E-state index contributed by atoms with van der Waals surface area (Å²) >= 11 is 0. The van der Waals surface area contributed by atoms with Gasteiger partial charge in [-0.25, -0.2) is 4.79 Å². The number of piperidine rings is 1. The number of likely N-dealkylation sites (tertiary alicyclic amines) is 1. The Morgan fingerprint density at radius 1 is 0.827 bits per heavy atom. The zero-order valence-electron chi connectivity index (χ0n) is 31.0. The van der Waals surface area contributed by atoms with Crippen LogP contribution in [-0.4, -0.2) is 100 Å². The molecule has 3 heterocycles. The molecule has 0 aliphatic carbocycles. The number of nitrogens with zero attached hydrogens (tertiary/aromatic N) is 5. The minimum atomic E-state index is -0.877. The van der Waals surface area contributed by atoms with E-state index in [9.17, 15) is 14.4 Å². The summed E-state index contributed by atoms with van der Waals surface area (Å²) in [6.45, 7) is 8.60. The van der Waals surface area contributed by atoms with Crippen molar-refractivity contribution in [1.82, 2.24) is 24.7 Å². The highest BCUT2D eigenvalue weighted by atomic mass is 16.7. The van der Waals surface area contributed by atoms with Crippen LogP contribution in [0.5, 0.6) is 0 Å². The largest absolute Gasteiger partial charge is 0.443 e. The van der Waals surface area contributed by atoms with Gasteiger partial charge in [0.15, 0.2) is 12.3 Å². The quantitative estimate of drug-likeness (QED) is 0.181. The molecule has 3 aromatic rings. The Bertz CT molecular complexity index is 1540. The van der Waals surface area contributed by atoms with Crippen LogP contribution in [0.2, 0.25) is 0 Å². The molecule has 278 valence electrons. The monoisotopic (exact) mass is 709 g/mol. The number of hydroxylamine groups is 2. The number of piperazine rings is 1. The second-order valence-electron chi connectivity index (χ2n) is 15.0. The van der Waals surface area contributed by atoms with Crippen LogP contribution < -0.4 is 0 Å². The van der Waals surface area contributed by atoms with E-state index in [1.807, 2.05) is 61.2 Å². The summed E-state index contributed by atoms with van der Waals surface area (Å²) < 4.78 is 5.79. The highest BCUT2D eigenvalue weighted by Crippen LogP contribution is 2.34. The van der Waals surface area contributed by atoms with E-state index in [0.717, 1.165) is 64.0 Å². The van der Waals surface area contributed by atoms with Gasteiger partial charge >= 0.3 is 6.09 Å². The molecule has 3 amide bonds. The first kappa shape index (κ1) is 37.5. The van der Waals surface area contributed by atoms with Gasteiger partial charge in [-0.05, 0) is 87.8 Å². The molecule has 1 unspecified atom stereocenters. The first-order chi connectivity index (χ1) is 25.3. The third-order valence-corrected chi connectivity index (χ3v) is 10.5. The molecule has 3 aliphatic rings. The fourth-order valence-corrected chi connectivity index (χ4v) is 7.77. The summed E-state index contributed by atoms with van der Waals surface area (Å²) in [7, 11) is 2.10. The highest BCUT2D eigenvalue weighted by Gasteiger charge is 2.54. The van der Waals surface area contributed by atoms with Crippen molar-refractivity contribution in [2.45, 2.75) is 96.4 Å². The molecule has 0 aromatic heterocycles. The molecule has 0 bridgehead atoms. The molecule has 52 heavy (non-hydrogen) atoms. The standard InChI is InChI=1S/C42H55N5O5/c1-32(2)27-38-41(49)46-37(21-13-14-24-44(28-33-15-7-4-8-16-33)29-34-17-9-5-10-18-34)40(48)45(36-22-25-43(3)26-23-36)30-39(46)47(52-38)42(50)51-31-35-19-11-6-12-20-35/h4-12,15-20,32,36-39H,13-14,21-31H2,1-3H3/t37-,38+,39?/m0/s1. The van der Waals surface area contributed by atoms with Crippen LogP contribution in [0.4, 0.5) is 4.79 Å². The van der Waals surface area contributed by atoms with Crippen molar-refractivity contribution in [3.63, 3.8) is 0 Å². The molecule has 3 aliphatic heterocycles. The van der Waals surface area contributed by atoms with Crippen LogP contribution in [0.25, 0.3) is 0 Å². The van der Waals surface area contributed by atoms with Gasteiger partial charge in [0.2, 0.25) is 5.91 Å². The molecule has 3 atom stereocenters. The summed E-state index contributed by atoms with van der Waals surface area (Å²) in [4.78, 5) is 57.3. The molecule has 10 nitrogen and oxygen atoms in total. The lowest BCUT2D eigenvalue weighted by Crippen LogP contribution is -2.74. The van der Waals surface area contributed by atoms with Gasteiger partial charge in [0, 0.05) is 19.1 Å². The number of carbonyl (C=O) groups excluding carboxylic acids is 3. The average Bonchev–Trinajstić information content (AvgIpc) is 3.15. The molecule has 0 radical (unpaired) electrons. The first-order valence-corrected chi connectivity index (χ1v) is 19.0. The Labute approximate surface area is 309 Å². The number of hydrogen-bond acceptors (Lipinski definition) is 7. The maximum Gasteiger partial charge on any atom is 0.436 e. The van der Waals surface area contributed by atoms with Gasteiger partial charge in [0.25, 0.3) is 5.91 Å². The third kappa shape index (κ3) is 9.59. The van der Waals surface area contributed by atoms with Crippen LogP contribution in [0.3, 0.4) is 0 Å². The van der Waals surface area contributed by atoms with E-state index >= 15 is 0 Å². The van der Waals surface area contributed by atoms with Crippen molar-refractivity contribution in [2.24, 2.45) is 5.92 Å². The highest BCUT2D eigenvalue weighted by molar-refractivity contribution is 5.92. The van der Waals surface area contributed by atoms with E-state index < -0.39 is 24.4 Å². The number of hydrogen-bond donors (Lipinski definition) is 0.